The Labute approximate surface area is 166 Å². The molecule has 1 N–H and O–H groups in total. The molecule has 0 aromatic rings. The van der Waals surface area contributed by atoms with E-state index in [1.807, 2.05) is 0 Å². The van der Waals surface area contributed by atoms with Crippen LogP contribution >= 0.6 is 0 Å². The number of carbonyl (C=O) groups is 3. The Morgan fingerprint density at radius 3 is 2.61 bits per heavy atom. The lowest BCUT2D eigenvalue weighted by Crippen LogP contribution is -2.65. The SMILES string of the molecule is O=C1CN(C(=O)C(=O)N2CCCC(CN3CCOCC3)C2)C2CCCCC2N1. The Morgan fingerprint density at radius 1 is 1.00 bits per heavy atom. The van der Waals surface area contributed by atoms with Gasteiger partial charge >= 0.3 is 11.8 Å². The minimum atomic E-state index is -0.487. The average Bonchev–Trinajstić information content (AvgIpc) is 2.73. The lowest BCUT2D eigenvalue weighted by atomic mass is 9.87. The van der Waals surface area contributed by atoms with E-state index in [-0.39, 0.29) is 24.5 Å². The van der Waals surface area contributed by atoms with Crippen LogP contribution in [-0.2, 0) is 19.1 Å². The van der Waals surface area contributed by atoms with Crippen LogP contribution in [0.2, 0.25) is 0 Å². The minimum absolute atomic E-state index is 0.00201. The molecule has 4 rings (SSSR count). The highest BCUT2D eigenvalue weighted by Gasteiger charge is 2.42. The molecule has 3 unspecified atom stereocenters. The number of nitrogens with zero attached hydrogens (tertiary/aromatic N) is 3. The van der Waals surface area contributed by atoms with Gasteiger partial charge in [0.2, 0.25) is 5.91 Å². The maximum atomic E-state index is 13.0. The van der Waals surface area contributed by atoms with Crippen LogP contribution in [0.15, 0.2) is 0 Å². The predicted octanol–water partition coefficient (Wildman–Crippen LogP) is -0.173. The maximum Gasteiger partial charge on any atom is 0.312 e. The summed E-state index contributed by atoms with van der Waals surface area (Å²) < 4.78 is 5.41. The topological polar surface area (TPSA) is 82.2 Å². The van der Waals surface area contributed by atoms with Crippen molar-refractivity contribution in [3.8, 4) is 0 Å². The van der Waals surface area contributed by atoms with Crippen LogP contribution < -0.4 is 5.32 Å². The zero-order valence-electron chi connectivity index (χ0n) is 16.6. The number of nitrogens with one attached hydrogen (secondary N) is 1. The summed E-state index contributed by atoms with van der Waals surface area (Å²) in [5.74, 6) is -0.659. The molecule has 8 nitrogen and oxygen atoms in total. The third-order valence-electron chi connectivity index (χ3n) is 6.66. The van der Waals surface area contributed by atoms with Crippen molar-refractivity contribution in [1.82, 2.24) is 20.0 Å². The van der Waals surface area contributed by atoms with Gasteiger partial charge in [-0.1, -0.05) is 12.8 Å². The van der Waals surface area contributed by atoms with Crippen molar-refractivity contribution >= 4 is 17.7 Å². The molecule has 156 valence electrons. The Hall–Kier alpha value is -1.67. The summed E-state index contributed by atoms with van der Waals surface area (Å²) in [5.41, 5.74) is 0. The number of hydrogen-bond donors (Lipinski definition) is 1. The van der Waals surface area contributed by atoms with Crippen molar-refractivity contribution in [2.24, 2.45) is 5.92 Å². The summed E-state index contributed by atoms with van der Waals surface area (Å²) in [7, 11) is 0. The number of piperazine rings is 1. The Balaban J connectivity index is 1.37. The van der Waals surface area contributed by atoms with E-state index in [1.54, 1.807) is 9.80 Å². The Bertz CT molecular complexity index is 607. The molecule has 1 aliphatic carbocycles. The van der Waals surface area contributed by atoms with E-state index in [9.17, 15) is 14.4 Å². The van der Waals surface area contributed by atoms with Crippen LogP contribution in [0.5, 0.6) is 0 Å². The molecule has 3 saturated heterocycles. The van der Waals surface area contributed by atoms with Gasteiger partial charge in [-0.2, -0.15) is 0 Å². The highest BCUT2D eigenvalue weighted by Crippen LogP contribution is 2.27. The van der Waals surface area contributed by atoms with Crippen molar-refractivity contribution in [2.45, 2.75) is 50.6 Å². The third-order valence-corrected chi connectivity index (χ3v) is 6.66. The first kappa shape index (κ1) is 19.6. The van der Waals surface area contributed by atoms with Crippen LogP contribution in [-0.4, -0.2) is 97.0 Å². The van der Waals surface area contributed by atoms with Crippen LogP contribution in [0, 0.1) is 5.92 Å². The van der Waals surface area contributed by atoms with Crippen LogP contribution in [0.25, 0.3) is 0 Å². The molecule has 4 aliphatic rings. The number of piperidine rings is 1. The lowest BCUT2D eigenvalue weighted by molar-refractivity contribution is -0.158. The molecule has 3 atom stereocenters. The summed E-state index contributed by atoms with van der Waals surface area (Å²) in [6.45, 7) is 5.66. The fourth-order valence-corrected chi connectivity index (χ4v) is 5.21. The van der Waals surface area contributed by atoms with Gasteiger partial charge in [0.25, 0.3) is 0 Å². The maximum absolute atomic E-state index is 13.0. The summed E-state index contributed by atoms with van der Waals surface area (Å²) in [6.07, 6.45) is 5.88. The second kappa shape index (κ2) is 8.78. The van der Waals surface area contributed by atoms with Gasteiger partial charge in [-0.25, -0.2) is 0 Å². The van der Waals surface area contributed by atoms with Crippen molar-refractivity contribution in [3.63, 3.8) is 0 Å². The molecule has 0 spiro atoms. The normalized spacial score (nSPS) is 31.9. The summed E-state index contributed by atoms with van der Waals surface area (Å²) in [4.78, 5) is 43.7. The second-order valence-corrected chi connectivity index (χ2v) is 8.63. The van der Waals surface area contributed by atoms with E-state index < -0.39 is 11.8 Å². The molecule has 8 heteroatoms. The van der Waals surface area contributed by atoms with E-state index in [0.717, 1.165) is 71.4 Å². The molecular formula is C20H32N4O4. The number of fused-ring (bicyclic) bond motifs is 1. The highest BCUT2D eigenvalue weighted by atomic mass is 16.5. The number of amides is 3. The van der Waals surface area contributed by atoms with Crippen LogP contribution in [0.1, 0.15) is 38.5 Å². The van der Waals surface area contributed by atoms with Crippen molar-refractivity contribution in [3.05, 3.63) is 0 Å². The van der Waals surface area contributed by atoms with Gasteiger partial charge in [0.1, 0.15) is 6.54 Å². The van der Waals surface area contributed by atoms with E-state index in [2.05, 4.69) is 10.2 Å². The molecule has 3 amide bonds. The monoisotopic (exact) mass is 392 g/mol. The molecule has 0 aromatic carbocycles. The molecular weight excluding hydrogens is 360 g/mol. The number of likely N-dealkylation sites (tertiary alicyclic amines) is 1. The smallest absolute Gasteiger partial charge is 0.312 e. The summed E-state index contributed by atoms with van der Waals surface area (Å²) in [5, 5.41) is 3.00. The molecule has 0 bridgehead atoms. The molecule has 28 heavy (non-hydrogen) atoms. The number of carbonyl (C=O) groups excluding carboxylic acids is 3. The van der Waals surface area contributed by atoms with Gasteiger partial charge in [0, 0.05) is 38.8 Å². The quantitative estimate of drug-likeness (QED) is 0.660. The first-order valence-corrected chi connectivity index (χ1v) is 10.8. The first-order chi connectivity index (χ1) is 13.6. The van der Waals surface area contributed by atoms with E-state index in [4.69, 9.17) is 4.74 Å². The average molecular weight is 393 g/mol. The van der Waals surface area contributed by atoms with Crippen molar-refractivity contribution < 1.29 is 19.1 Å². The molecule has 4 fully saturated rings. The largest absolute Gasteiger partial charge is 0.379 e. The molecule has 1 saturated carbocycles. The predicted molar refractivity (Wildman–Crippen MR) is 102 cm³/mol. The van der Waals surface area contributed by atoms with Crippen LogP contribution in [0.3, 0.4) is 0 Å². The van der Waals surface area contributed by atoms with E-state index in [0.29, 0.717) is 19.0 Å². The summed E-state index contributed by atoms with van der Waals surface area (Å²) >= 11 is 0. The number of hydrogen-bond acceptors (Lipinski definition) is 5. The van der Waals surface area contributed by atoms with Gasteiger partial charge in [-0.3, -0.25) is 19.3 Å². The number of rotatable bonds is 2. The molecule has 3 aliphatic heterocycles. The van der Waals surface area contributed by atoms with E-state index in [1.165, 1.54) is 0 Å². The van der Waals surface area contributed by atoms with Gasteiger partial charge in [0.15, 0.2) is 0 Å². The van der Waals surface area contributed by atoms with Crippen LogP contribution in [0.4, 0.5) is 0 Å². The number of ether oxygens (including phenoxy) is 1. The second-order valence-electron chi connectivity index (χ2n) is 8.63. The molecule has 0 aromatic heterocycles. The summed E-state index contributed by atoms with van der Waals surface area (Å²) in [6, 6.07) is -0.0287. The third kappa shape index (κ3) is 4.33. The fraction of sp³-hybridized carbons (Fsp3) is 0.850. The molecule has 3 heterocycles. The first-order valence-electron chi connectivity index (χ1n) is 10.8. The molecule has 0 radical (unpaired) electrons. The fourth-order valence-electron chi connectivity index (χ4n) is 5.21. The standard InChI is InChI=1S/C20H32N4O4/c25-18-14-24(17-6-2-1-5-16(17)21-18)20(27)19(26)23-7-3-4-15(13-23)12-22-8-10-28-11-9-22/h15-17H,1-14H2,(H,21,25). The highest BCUT2D eigenvalue weighted by molar-refractivity contribution is 6.35. The van der Waals surface area contributed by atoms with Gasteiger partial charge in [-0.15, -0.1) is 0 Å². The lowest BCUT2D eigenvalue weighted by Gasteiger charge is -2.44. The van der Waals surface area contributed by atoms with Crippen molar-refractivity contribution in [1.29, 1.82) is 0 Å². The Kier molecular flexibility index (Phi) is 6.16. The zero-order valence-corrected chi connectivity index (χ0v) is 16.6. The van der Waals surface area contributed by atoms with Crippen molar-refractivity contribution in [2.75, 3.05) is 52.5 Å². The van der Waals surface area contributed by atoms with Gasteiger partial charge in [-0.05, 0) is 31.6 Å². The van der Waals surface area contributed by atoms with Gasteiger partial charge < -0.3 is 19.9 Å². The minimum Gasteiger partial charge on any atom is -0.379 e. The number of morpholine rings is 1. The Morgan fingerprint density at radius 2 is 1.79 bits per heavy atom. The zero-order chi connectivity index (χ0) is 19.5. The van der Waals surface area contributed by atoms with Gasteiger partial charge in [0.05, 0.1) is 19.3 Å². The van der Waals surface area contributed by atoms with E-state index >= 15 is 0 Å².